The monoisotopic (exact) mass is 349 g/mol. The number of piperidine rings is 1. The Bertz CT molecular complexity index is 713. The van der Waals surface area contributed by atoms with Gasteiger partial charge in [0, 0.05) is 49.5 Å². The van der Waals surface area contributed by atoms with Crippen LogP contribution in [0.3, 0.4) is 0 Å². The molecule has 25 heavy (non-hydrogen) atoms. The van der Waals surface area contributed by atoms with Gasteiger partial charge in [-0.05, 0) is 12.8 Å². The molecule has 3 heterocycles. The molecule has 134 valence electrons. The molecule has 2 fully saturated rings. The van der Waals surface area contributed by atoms with Gasteiger partial charge in [-0.1, -0.05) is 0 Å². The third kappa shape index (κ3) is 3.76. The quantitative estimate of drug-likeness (QED) is 0.832. The number of halogens is 2. The van der Waals surface area contributed by atoms with Crippen molar-refractivity contribution < 1.29 is 18.3 Å². The first-order valence-electron chi connectivity index (χ1n) is 8.64. The molecule has 0 saturated carbocycles. The lowest BCUT2D eigenvalue weighted by molar-refractivity contribution is -0.0285. The Morgan fingerprint density at radius 2 is 2.00 bits per heavy atom. The summed E-state index contributed by atoms with van der Waals surface area (Å²) in [6.45, 7) is 3.68. The molecule has 0 N–H and O–H groups in total. The van der Waals surface area contributed by atoms with Gasteiger partial charge in [-0.3, -0.25) is 4.68 Å². The third-order valence-electron chi connectivity index (χ3n) is 4.75. The van der Waals surface area contributed by atoms with Crippen LogP contribution >= 0.6 is 0 Å². The van der Waals surface area contributed by atoms with Crippen LogP contribution in [0.25, 0.3) is 0 Å². The molecule has 0 bridgehead atoms. The van der Waals surface area contributed by atoms with Crippen molar-refractivity contribution >= 4 is 5.82 Å². The number of anilines is 1. The fraction of sp³-hybridized carbons (Fsp3) is 0.500. The molecule has 5 nitrogen and oxygen atoms in total. The average molecular weight is 349 g/mol. The van der Waals surface area contributed by atoms with Gasteiger partial charge in [0.05, 0.1) is 25.9 Å². The molecule has 2 saturated heterocycles. The van der Waals surface area contributed by atoms with E-state index in [0.29, 0.717) is 18.6 Å². The molecule has 0 radical (unpaired) electrons. The molecule has 0 spiro atoms. The minimum Gasteiger partial charge on any atom is -0.493 e. The van der Waals surface area contributed by atoms with Crippen molar-refractivity contribution in [1.29, 1.82) is 0 Å². The highest BCUT2D eigenvalue weighted by atomic mass is 19.1. The van der Waals surface area contributed by atoms with Crippen LogP contribution in [0.1, 0.15) is 18.9 Å². The topological polar surface area (TPSA) is 39.5 Å². The Morgan fingerprint density at radius 1 is 1.20 bits per heavy atom. The molecular weight excluding hydrogens is 328 g/mol. The fourth-order valence-corrected chi connectivity index (χ4v) is 3.31. The summed E-state index contributed by atoms with van der Waals surface area (Å²) in [5, 5.41) is 4.65. The summed E-state index contributed by atoms with van der Waals surface area (Å²) in [6.07, 6.45) is 4.08. The lowest BCUT2D eigenvalue weighted by atomic mass is 9.99. The Kier molecular flexibility index (Phi) is 4.57. The molecule has 2 aliphatic rings. The second-order valence-corrected chi connectivity index (χ2v) is 6.72. The highest BCUT2D eigenvalue weighted by Crippen LogP contribution is 2.25. The minimum absolute atomic E-state index is 0.240. The Labute approximate surface area is 145 Å². The van der Waals surface area contributed by atoms with Gasteiger partial charge in [0.2, 0.25) is 0 Å². The lowest BCUT2D eigenvalue weighted by Crippen LogP contribution is -2.38. The molecule has 1 aromatic heterocycles. The van der Waals surface area contributed by atoms with Crippen LogP contribution in [-0.4, -0.2) is 42.7 Å². The van der Waals surface area contributed by atoms with Crippen molar-refractivity contribution in [1.82, 2.24) is 9.78 Å². The summed E-state index contributed by atoms with van der Waals surface area (Å²) < 4.78 is 39.2. The smallest absolute Gasteiger partial charge is 0.150 e. The highest BCUT2D eigenvalue weighted by Gasteiger charge is 2.25. The highest BCUT2D eigenvalue weighted by molar-refractivity contribution is 5.37. The van der Waals surface area contributed by atoms with Gasteiger partial charge in [-0.15, -0.1) is 0 Å². The number of hydrogen-bond acceptors (Lipinski definition) is 4. The van der Waals surface area contributed by atoms with E-state index >= 15 is 0 Å². The summed E-state index contributed by atoms with van der Waals surface area (Å²) >= 11 is 0. The predicted molar refractivity (Wildman–Crippen MR) is 88.9 cm³/mol. The average Bonchev–Trinajstić information content (AvgIpc) is 3.00. The Balaban J connectivity index is 1.35. The standard InChI is InChI=1S/C18H21F2N3O2/c19-14-6-15(20)8-17(7-14)25-10-13-2-1-4-22(9-13)18-3-5-23(21-18)16-11-24-12-16/h3,5-8,13,16H,1-2,4,9-12H2. The van der Waals surface area contributed by atoms with Gasteiger partial charge >= 0.3 is 0 Å². The fourth-order valence-electron chi connectivity index (χ4n) is 3.31. The number of nitrogens with zero attached hydrogens (tertiary/aromatic N) is 3. The number of ether oxygens (including phenoxy) is 2. The number of hydrogen-bond donors (Lipinski definition) is 0. The van der Waals surface area contributed by atoms with Gasteiger partial charge in [0.25, 0.3) is 0 Å². The SMILES string of the molecule is Fc1cc(F)cc(OCC2CCCN(c3ccn(C4COC4)n3)C2)c1. The summed E-state index contributed by atoms with van der Waals surface area (Å²) in [5.41, 5.74) is 0. The minimum atomic E-state index is -0.620. The maximum absolute atomic E-state index is 13.2. The van der Waals surface area contributed by atoms with E-state index < -0.39 is 11.6 Å². The van der Waals surface area contributed by atoms with Gasteiger partial charge in [-0.25, -0.2) is 8.78 Å². The van der Waals surface area contributed by atoms with Crippen LogP contribution in [0.5, 0.6) is 5.75 Å². The summed E-state index contributed by atoms with van der Waals surface area (Å²) in [6, 6.07) is 5.65. The van der Waals surface area contributed by atoms with E-state index in [-0.39, 0.29) is 5.75 Å². The summed E-state index contributed by atoms with van der Waals surface area (Å²) in [7, 11) is 0. The van der Waals surface area contributed by atoms with Crippen LogP contribution in [0.15, 0.2) is 30.5 Å². The second kappa shape index (κ2) is 7.00. The predicted octanol–water partition coefficient (Wildman–Crippen LogP) is 3.03. The van der Waals surface area contributed by atoms with Crippen molar-refractivity contribution in [3.05, 3.63) is 42.1 Å². The Morgan fingerprint density at radius 3 is 2.72 bits per heavy atom. The molecule has 7 heteroatoms. The van der Waals surface area contributed by atoms with Gasteiger partial charge in [-0.2, -0.15) is 5.10 Å². The normalized spacial score (nSPS) is 21.2. The van der Waals surface area contributed by atoms with E-state index in [1.165, 1.54) is 12.1 Å². The molecule has 0 amide bonds. The number of aromatic nitrogens is 2. The van der Waals surface area contributed by atoms with Crippen molar-refractivity contribution in [2.75, 3.05) is 37.8 Å². The molecule has 1 aromatic carbocycles. The molecule has 4 rings (SSSR count). The van der Waals surface area contributed by atoms with Gasteiger partial charge < -0.3 is 14.4 Å². The van der Waals surface area contributed by atoms with E-state index in [4.69, 9.17) is 9.47 Å². The van der Waals surface area contributed by atoms with E-state index in [2.05, 4.69) is 10.00 Å². The van der Waals surface area contributed by atoms with Crippen LogP contribution < -0.4 is 9.64 Å². The van der Waals surface area contributed by atoms with E-state index in [9.17, 15) is 8.78 Å². The molecule has 2 aromatic rings. The van der Waals surface area contributed by atoms with Crippen LogP contribution in [0.4, 0.5) is 14.6 Å². The van der Waals surface area contributed by atoms with Crippen molar-refractivity contribution in [3.8, 4) is 5.75 Å². The van der Waals surface area contributed by atoms with Crippen LogP contribution in [-0.2, 0) is 4.74 Å². The molecule has 1 unspecified atom stereocenters. The van der Waals surface area contributed by atoms with Crippen LogP contribution in [0, 0.1) is 17.6 Å². The number of benzene rings is 1. The molecule has 0 aliphatic carbocycles. The second-order valence-electron chi connectivity index (χ2n) is 6.72. The zero-order chi connectivity index (χ0) is 17.2. The van der Waals surface area contributed by atoms with Gasteiger partial charge in [0.1, 0.15) is 17.4 Å². The largest absolute Gasteiger partial charge is 0.493 e. The maximum Gasteiger partial charge on any atom is 0.150 e. The van der Waals surface area contributed by atoms with E-state index in [0.717, 1.165) is 51.0 Å². The van der Waals surface area contributed by atoms with E-state index in [1.807, 2.05) is 16.9 Å². The lowest BCUT2D eigenvalue weighted by Gasteiger charge is -2.33. The zero-order valence-corrected chi connectivity index (χ0v) is 13.9. The maximum atomic E-state index is 13.2. The van der Waals surface area contributed by atoms with Crippen molar-refractivity contribution in [2.24, 2.45) is 5.92 Å². The Hall–Kier alpha value is -2.15. The third-order valence-corrected chi connectivity index (χ3v) is 4.75. The van der Waals surface area contributed by atoms with Gasteiger partial charge in [0.15, 0.2) is 5.82 Å². The first-order chi connectivity index (χ1) is 12.2. The first kappa shape index (κ1) is 16.3. The van der Waals surface area contributed by atoms with Crippen molar-refractivity contribution in [3.63, 3.8) is 0 Å². The molecule has 2 aliphatic heterocycles. The molecular formula is C18H21F2N3O2. The zero-order valence-electron chi connectivity index (χ0n) is 13.9. The summed E-state index contributed by atoms with van der Waals surface area (Å²) in [5.74, 6) is 0.270. The van der Waals surface area contributed by atoms with Crippen LogP contribution in [0.2, 0.25) is 0 Å². The summed E-state index contributed by atoms with van der Waals surface area (Å²) in [4.78, 5) is 2.25. The molecule has 1 atom stereocenters. The number of rotatable bonds is 5. The van der Waals surface area contributed by atoms with Crippen molar-refractivity contribution in [2.45, 2.75) is 18.9 Å². The first-order valence-corrected chi connectivity index (χ1v) is 8.64. The van der Waals surface area contributed by atoms with E-state index in [1.54, 1.807) is 0 Å².